The molecular weight excluding hydrogens is 276 g/mol. The Labute approximate surface area is 112 Å². The first kappa shape index (κ1) is 11.7. The van der Waals surface area contributed by atoms with Crippen molar-refractivity contribution in [3.05, 3.63) is 34.9 Å². The predicted molar refractivity (Wildman–Crippen MR) is 73.7 cm³/mol. The zero-order chi connectivity index (χ0) is 11.7. The van der Waals surface area contributed by atoms with Gasteiger partial charge in [-0.25, -0.2) is 0 Å². The Morgan fingerprint density at radius 1 is 1.24 bits per heavy atom. The second-order valence-corrected chi connectivity index (χ2v) is 6.33. The Balaban J connectivity index is 1.70. The molecule has 0 bridgehead atoms. The van der Waals surface area contributed by atoms with Crippen LogP contribution in [-0.4, -0.2) is 12.7 Å². The van der Waals surface area contributed by atoms with Crippen LogP contribution in [0.4, 0.5) is 0 Å². The van der Waals surface area contributed by atoms with E-state index >= 15 is 0 Å². The Kier molecular flexibility index (Phi) is 3.53. The number of halogens is 1. The van der Waals surface area contributed by atoms with Crippen LogP contribution in [0.5, 0.6) is 0 Å². The summed E-state index contributed by atoms with van der Waals surface area (Å²) in [7, 11) is 0. The smallest absolute Gasteiger partial charge is 0.0589 e. The van der Waals surface area contributed by atoms with Crippen LogP contribution in [0.2, 0.25) is 0 Å². The molecule has 1 aliphatic carbocycles. The van der Waals surface area contributed by atoms with Crippen LogP contribution in [-0.2, 0) is 17.6 Å². The number of benzene rings is 1. The second-order valence-electron chi connectivity index (χ2n) is 5.22. The van der Waals surface area contributed by atoms with Gasteiger partial charge >= 0.3 is 0 Å². The minimum Gasteiger partial charge on any atom is -0.378 e. The Hall–Kier alpha value is -0.340. The molecule has 2 heteroatoms. The molecule has 0 saturated carbocycles. The number of hydrogen-bond donors (Lipinski definition) is 0. The lowest BCUT2D eigenvalue weighted by Gasteiger charge is -2.16. The van der Waals surface area contributed by atoms with Crippen molar-refractivity contribution >= 4 is 15.9 Å². The van der Waals surface area contributed by atoms with Gasteiger partial charge in [0.1, 0.15) is 0 Å². The maximum atomic E-state index is 5.71. The molecule has 92 valence electrons. The van der Waals surface area contributed by atoms with Crippen molar-refractivity contribution in [2.45, 2.75) is 49.5 Å². The van der Waals surface area contributed by atoms with Gasteiger partial charge in [0.05, 0.1) is 6.10 Å². The van der Waals surface area contributed by atoms with E-state index in [9.17, 15) is 0 Å². The fraction of sp³-hybridized carbons (Fsp3) is 0.600. The molecule has 2 unspecified atom stereocenters. The van der Waals surface area contributed by atoms with Gasteiger partial charge in [-0.05, 0) is 55.2 Å². The van der Waals surface area contributed by atoms with Crippen LogP contribution in [0, 0.1) is 0 Å². The lowest BCUT2D eigenvalue weighted by atomic mass is 10.0. The lowest BCUT2D eigenvalue weighted by molar-refractivity contribution is 0.104. The van der Waals surface area contributed by atoms with Crippen molar-refractivity contribution in [2.24, 2.45) is 0 Å². The summed E-state index contributed by atoms with van der Waals surface area (Å²) < 4.78 is 5.71. The van der Waals surface area contributed by atoms with E-state index in [1.807, 2.05) is 0 Å². The van der Waals surface area contributed by atoms with Crippen molar-refractivity contribution in [1.82, 2.24) is 0 Å². The van der Waals surface area contributed by atoms with Gasteiger partial charge in [-0.15, -0.1) is 0 Å². The highest BCUT2D eigenvalue weighted by Gasteiger charge is 2.21. The highest BCUT2D eigenvalue weighted by molar-refractivity contribution is 9.09. The largest absolute Gasteiger partial charge is 0.378 e. The molecule has 0 N–H and O–H groups in total. The molecule has 1 saturated heterocycles. The first-order chi connectivity index (χ1) is 8.33. The highest BCUT2D eigenvalue weighted by Crippen LogP contribution is 2.34. The lowest BCUT2D eigenvalue weighted by Crippen LogP contribution is -2.08. The topological polar surface area (TPSA) is 9.23 Å². The van der Waals surface area contributed by atoms with E-state index in [2.05, 4.69) is 34.1 Å². The third-order valence-corrected chi connectivity index (χ3v) is 4.88. The van der Waals surface area contributed by atoms with Crippen molar-refractivity contribution in [1.29, 1.82) is 0 Å². The van der Waals surface area contributed by atoms with Gasteiger partial charge in [0.15, 0.2) is 0 Å². The van der Waals surface area contributed by atoms with Crippen molar-refractivity contribution < 1.29 is 4.74 Å². The van der Waals surface area contributed by atoms with Crippen molar-refractivity contribution in [3.8, 4) is 0 Å². The third kappa shape index (κ3) is 2.58. The van der Waals surface area contributed by atoms with Gasteiger partial charge < -0.3 is 4.74 Å². The van der Waals surface area contributed by atoms with Crippen LogP contribution in [0.1, 0.15) is 47.2 Å². The monoisotopic (exact) mass is 294 g/mol. The van der Waals surface area contributed by atoms with E-state index in [1.165, 1.54) is 37.7 Å². The number of rotatable bonds is 3. The molecular formula is C15H19BrO. The van der Waals surface area contributed by atoms with Gasteiger partial charge in [-0.3, -0.25) is 0 Å². The maximum Gasteiger partial charge on any atom is 0.0589 e. The first-order valence-electron chi connectivity index (χ1n) is 6.70. The fourth-order valence-corrected chi connectivity index (χ4v) is 3.69. The number of hydrogen-bond acceptors (Lipinski definition) is 1. The van der Waals surface area contributed by atoms with Gasteiger partial charge in [0.2, 0.25) is 0 Å². The van der Waals surface area contributed by atoms with Crippen molar-refractivity contribution in [2.75, 3.05) is 6.61 Å². The van der Waals surface area contributed by atoms with E-state index in [4.69, 9.17) is 4.74 Å². The summed E-state index contributed by atoms with van der Waals surface area (Å²) in [6.07, 6.45) is 7.90. The molecule has 1 heterocycles. The minimum atomic E-state index is 0.455. The van der Waals surface area contributed by atoms with Crippen LogP contribution in [0.3, 0.4) is 0 Å². The second kappa shape index (κ2) is 5.11. The van der Waals surface area contributed by atoms with Crippen LogP contribution in [0.15, 0.2) is 18.2 Å². The number of ether oxygens (including phenoxy) is 1. The average Bonchev–Trinajstić information content (AvgIpc) is 2.97. The van der Waals surface area contributed by atoms with E-state index in [0.717, 1.165) is 13.0 Å². The molecule has 1 aromatic rings. The van der Waals surface area contributed by atoms with E-state index in [-0.39, 0.29) is 0 Å². The molecule has 0 aromatic heterocycles. The van der Waals surface area contributed by atoms with Gasteiger partial charge in [0.25, 0.3) is 0 Å². The van der Waals surface area contributed by atoms with Gasteiger partial charge in [0, 0.05) is 11.4 Å². The van der Waals surface area contributed by atoms with E-state index in [0.29, 0.717) is 10.9 Å². The molecule has 0 spiro atoms. The number of fused-ring (bicyclic) bond motifs is 1. The molecule has 0 amide bonds. The summed E-state index contributed by atoms with van der Waals surface area (Å²) in [5, 5.41) is 0. The summed E-state index contributed by atoms with van der Waals surface area (Å²) >= 11 is 3.82. The molecule has 2 aliphatic rings. The van der Waals surface area contributed by atoms with Gasteiger partial charge in [-0.1, -0.05) is 34.1 Å². The fourth-order valence-electron chi connectivity index (χ4n) is 2.98. The zero-order valence-corrected chi connectivity index (χ0v) is 11.7. The number of alkyl halides is 1. The molecule has 17 heavy (non-hydrogen) atoms. The first-order valence-corrected chi connectivity index (χ1v) is 7.62. The molecule has 2 atom stereocenters. The third-order valence-electron chi connectivity index (χ3n) is 3.98. The summed E-state index contributed by atoms with van der Waals surface area (Å²) in [4.78, 5) is 0.455. The Morgan fingerprint density at radius 3 is 2.94 bits per heavy atom. The standard InChI is InChI=1S/C15H19BrO/c16-15(10-14-5-2-8-17-14)13-7-6-11-3-1-4-12(11)9-13/h6-7,9,14-15H,1-5,8,10H2. The molecule has 0 radical (unpaired) electrons. The quantitative estimate of drug-likeness (QED) is 0.760. The molecule has 3 rings (SSSR count). The predicted octanol–water partition coefficient (Wildman–Crippen LogP) is 4.18. The van der Waals surface area contributed by atoms with Gasteiger partial charge in [-0.2, -0.15) is 0 Å². The number of aryl methyl sites for hydroxylation is 2. The highest BCUT2D eigenvalue weighted by atomic mass is 79.9. The maximum absolute atomic E-state index is 5.71. The van der Waals surface area contributed by atoms with Crippen LogP contribution >= 0.6 is 15.9 Å². The van der Waals surface area contributed by atoms with Crippen LogP contribution < -0.4 is 0 Å². The Morgan fingerprint density at radius 2 is 2.12 bits per heavy atom. The summed E-state index contributed by atoms with van der Waals surface area (Å²) in [5.74, 6) is 0. The molecule has 1 aliphatic heterocycles. The average molecular weight is 295 g/mol. The van der Waals surface area contributed by atoms with Crippen molar-refractivity contribution in [3.63, 3.8) is 0 Å². The molecule has 1 fully saturated rings. The molecule has 1 nitrogen and oxygen atoms in total. The Bertz CT molecular complexity index is 396. The van der Waals surface area contributed by atoms with E-state index in [1.54, 1.807) is 11.1 Å². The summed E-state index contributed by atoms with van der Waals surface area (Å²) in [5.41, 5.74) is 4.56. The van der Waals surface area contributed by atoms with E-state index < -0.39 is 0 Å². The minimum absolute atomic E-state index is 0.455. The summed E-state index contributed by atoms with van der Waals surface area (Å²) in [6, 6.07) is 7.01. The van der Waals surface area contributed by atoms with Crippen LogP contribution in [0.25, 0.3) is 0 Å². The zero-order valence-electron chi connectivity index (χ0n) is 10.1. The normalized spacial score (nSPS) is 24.9. The SMILES string of the molecule is BrC(CC1CCCO1)c1ccc2c(c1)CCC2. The summed E-state index contributed by atoms with van der Waals surface area (Å²) in [6.45, 7) is 0.953. The molecule has 1 aromatic carbocycles.